The van der Waals surface area contributed by atoms with E-state index < -0.39 is 0 Å². The molecule has 0 heterocycles. The highest BCUT2D eigenvalue weighted by atomic mass is 14.2. The van der Waals surface area contributed by atoms with E-state index in [4.69, 9.17) is 0 Å². The Bertz CT molecular complexity index is 419. The molecule has 0 amide bonds. The largest absolute Gasteiger partial charge is 0.0998 e. The molecule has 0 saturated heterocycles. The summed E-state index contributed by atoms with van der Waals surface area (Å²) in [4.78, 5) is 0. The van der Waals surface area contributed by atoms with E-state index in [0.29, 0.717) is 0 Å². The fraction of sp³-hybridized carbons (Fsp3) is 0.444. The van der Waals surface area contributed by atoms with Gasteiger partial charge in [-0.2, -0.15) is 0 Å². The lowest BCUT2D eigenvalue weighted by atomic mass is 9.87. The highest BCUT2D eigenvalue weighted by Crippen LogP contribution is 2.30. The first kappa shape index (κ1) is 16.7. The summed E-state index contributed by atoms with van der Waals surface area (Å²) in [5.74, 6) is 0. The molecule has 0 aliphatic carbocycles. The van der Waals surface area contributed by atoms with Crippen LogP contribution in [0.3, 0.4) is 0 Å². The van der Waals surface area contributed by atoms with Crippen LogP contribution in [0.1, 0.15) is 54.9 Å². The Morgan fingerprint density at radius 1 is 1.00 bits per heavy atom. The molecule has 0 fully saturated rings. The maximum absolute atomic E-state index is 4.06. The minimum absolute atomic E-state index is 0.956. The Morgan fingerprint density at radius 3 is 1.89 bits per heavy atom. The average molecular weight is 244 g/mol. The Labute approximate surface area is 113 Å². The quantitative estimate of drug-likeness (QED) is 0.402. The van der Waals surface area contributed by atoms with Crippen LogP contribution in [0.15, 0.2) is 58.2 Å². The van der Waals surface area contributed by atoms with E-state index in [1.54, 1.807) is 0 Å². The predicted octanol–water partition coefficient (Wildman–Crippen LogP) is 6.15. The van der Waals surface area contributed by atoms with Gasteiger partial charge in [-0.1, -0.05) is 36.0 Å². The second-order valence-electron chi connectivity index (χ2n) is 5.14. The number of hydrogen-bond acceptors (Lipinski definition) is 0. The topological polar surface area (TPSA) is 0 Å². The van der Waals surface area contributed by atoms with Crippen molar-refractivity contribution in [3.63, 3.8) is 0 Å². The second-order valence-corrected chi connectivity index (χ2v) is 5.14. The molecule has 0 N–H and O–H groups in total. The molecule has 0 aliphatic rings. The maximum Gasteiger partial charge on any atom is -0.00671 e. The van der Waals surface area contributed by atoms with E-state index in [1.165, 1.54) is 33.4 Å². The Morgan fingerprint density at radius 2 is 1.56 bits per heavy atom. The smallest absolute Gasteiger partial charge is 0.00671 e. The predicted molar refractivity (Wildman–Crippen MR) is 84.8 cm³/mol. The zero-order valence-electron chi connectivity index (χ0n) is 13.1. The summed E-state index contributed by atoms with van der Waals surface area (Å²) in [6.45, 7) is 19.0. The molecule has 0 radical (unpaired) electrons. The standard InChI is InChI=1S/C18H28/c1-9-11-16(8)18(15(7)10-2)17(14(5)6)12-13(3)4/h9-11H,3,12H2,1-2,4-8H3/b11-9-,15-10+,18-16+. The molecule has 0 aromatic rings. The summed E-state index contributed by atoms with van der Waals surface area (Å²) in [5.41, 5.74) is 8.03. The molecule has 0 aromatic carbocycles. The normalized spacial score (nSPS) is 13.6. The fourth-order valence-corrected chi connectivity index (χ4v) is 2.08. The highest BCUT2D eigenvalue weighted by Gasteiger charge is 2.11. The molecule has 0 spiro atoms. The van der Waals surface area contributed by atoms with E-state index >= 15 is 0 Å². The van der Waals surface area contributed by atoms with Gasteiger partial charge in [-0.15, -0.1) is 0 Å². The van der Waals surface area contributed by atoms with Crippen LogP contribution in [-0.2, 0) is 0 Å². The molecular weight excluding hydrogens is 216 g/mol. The van der Waals surface area contributed by atoms with E-state index in [2.05, 4.69) is 73.3 Å². The summed E-state index contributed by atoms with van der Waals surface area (Å²) in [7, 11) is 0. The first-order chi connectivity index (χ1) is 8.34. The third kappa shape index (κ3) is 4.91. The summed E-state index contributed by atoms with van der Waals surface area (Å²) < 4.78 is 0. The van der Waals surface area contributed by atoms with Crippen LogP contribution in [0.2, 0.25) is 0 Å². The molecule has 0 aliphatic heterocycles. The van der Waals surface area contributed by atoms with Crippen molar-refractivity contribution in [1.29, 1.82) is 0 Å². The Kier molecular flexibility index (Phi) is 7.35. The molecular formula is C18H28. The molecule has 0 unspecified atom stereocenters. The molecule has 0 heteroatoms. The highest BCUT2D eigenvalue weighted by molar-refractivity contribution is 5.53. The number of allylic oxidation sites excluding steroid dienone is 9. The van der Waals surface area contributed by atoms with Gasteiger partial charge >= 0.3 is 0 Å². The van der Waals surface area contributed by atoms with Gasteiger partial charge in [0.1, 0.15) is 0 Å². The molecule has 0 rings (SSSR count). The van der Waals surface area contributed by atoms with Gasteiger partial charge in [-0.25, -0.2) is 0 Å². The molecule has 100 valence electrons. The van der Waals surface area contributed by atoms with Gasteiger partial charge < -0.3 is 0 Å². The Hall–Kier alpha value is -1.30. The van der Waals surface area contributed by atoms with Crippen LogP contribution in [0.4, 0.5) is 0 Å². The van der Waals surface area contributed by atoms with Crippen LogP contribution in [0.25, 0.3) is 0 Å². The third-order valence-corrected chi connectivity index (χ3v) is 3.02. The third-order valence-electron chi connectivity index (χ3n) is 3.02. The SMILES string of the molecule is C=C(C)CC(=C(C)C)C(/C(C)=C/C)=C(C)/C=C\C. The van der Waals surface area contributed by atoms with E-state index in [0.717, 1.165) is 6.42 Å². The maximum atomic E-state index is 4.06. The first-order valence-electron chi connectivity index (χ1n) is 6.63. The average Bonchev–Trinajstić information content (AvgIpc) is 2.27. The van der Waals surface area contributed by atoms with E-state index in [9.17, 15) is 0 Å². The summed E-state index contributed by atoms with van der Waals surface area (Å²) in [6, 6.07) is 0. The van der Waals surface area contributed by atoms with Crippen molar-refractivity contribution >= 4 is 0 Å². The lowest BCUT2D eigenvalue weighted by Gasteiger charge is -2.18. The van der Waals surface area contributed by atoms with E-state index in [-0.39, 0.29) is 0 Å². The molecule has 0 aromatic heterocycles. The lowest BCUT2D eigenvalue weighted by Crippen LogP contribution is -1.99. The zero-order chi connectivity index (χ0) is 14.3. The van der Waals surface area contributed by atoms with Crippen molar-refractivity contribution in [1.82, 2.24) is 0 Å². The fourth-order valence-electron chi connectivity index (χ4n) is 2.08. The summed E-state index contributed by atoms with van der Waals surface area (Å²) in [6.07, 6.45) is 7.42. The van der Waals surface area contributed by atoms with Gasteiger partial charge in [0.05, 0.1) is 0 Å². The first-order valence-corrected chi connectivity index (χ1v) is 6.63. The summed E-state index contributed by atoms with van der Waals surface area (Å²) >= 11 is 0. The second kappa shape index (κ2) is 7.92. The minimum atomic E-state index is 0.956. The Balaban J connectivity index is 5.94. The van der Waals surface area contributed by atoms with Crippen molar-refractivity contribution in [2.45, 2.75) is 54.9 Å². The zero-order valence-corrected chi connectivity index (χ0v) is 13.1. The van der Waals surface area contributed by atoms with Crippen molar-refractivity contribution in [3.8, 4) is 0 Å². The van der Waals surface area contributed by atoms with Gasteiger partial charge in [0.25, 0.3) is 0 Å². The van der Waals surface area contributed by atoms with Crippen molar-refractivity contribution in [3.05, 3.63) is 58.2 Å². The molecule has 18 heavy (non-hydrogen) atoms. The van der Waals surface area contributed by atoms with Crippen molar-refractivity contribution in [2.75, 3.05) is 0 Å². The minimum Gasteiger partial charge on any atom is -0.0998 e. The lowest BCUT2D eigenvalue weighted by molar-refractivity contribution is 1.06. The van der Waals surface area contributed by atoms with Crippen molar-refractivity contribution < 1.29 is 0 Å². The molecule has 0 saturated carbocycles. The molecule has 0 bridgehead atoms. The van der Waals surface area contributed by atoms with Crippen LogP contribution in [0.5, 0.6) is 0 Å². The van der Waals surface area contributed by atoms with Gasteiger partial charge in [0.15, 0.2) is 0 Å². The molecule has 0 nitrogen and oxygen atoms in total. The van der Waals surface area contributed by atoms with Crippen LogP contribution < -0.4 is 0 Å². The molecule has 0 atom stereocenters. The number of rotatable bonds is 5. The van der Waals surface area contributed by atoms with Crippen molar-refractivity contribution in [2.24, 2.45) is 0 Å². The van der Waals surface area contributed by atoms with E-state index in [1.807, 2.05) is 0 Å². The van der Waals surface area contributed by atoms with Crippen LogP contribution >= 0.6 is 0 Å². The van der Waals surface area contributed by atoms with Crippen LogP contribution in [-0.4, -0.2) is 0 Å². The van der Waals surface area contributed by atoms with Gasteiger partial charge in [-0.05, 0) is 77.2 Å². The number of hydrogen-bond donors (Lipinski definition) is 0. The van der Waals surface area contributed by atoms with Crippen LogP contribution in [0, 0.1) is 0 Å². The monoisotopic (exact) mass is 244 g/mol. The van der Waals surface area contributed by atoms with Gasteiger partial charge in [-0.3, -0.25) is 0 Å². The summed E-state index contributed by atoms with van der Waals surface area (Å²) in [5, 5.41) is 0. The van der Waals surface area contributed by atoms with Gasteiger partial charge in [0, 0.05) is 0 Å². The van der Waals surface area contributed by atoms with Gasteiger partial charge in [0.2, 0.25) is 0 Å².